The smallest absolute Gasteiger partial charge is 0.266 e. The summed E-state index contributed by atoms with van der Waals surface area (Å²) in [5.41, 5.74) is 1.98. The lowest BCUT2D eigenvalue weighted by Gasteiger charge is -2.27. The zero-order valence-electron chi connectivity index (χ0n) is 12.3. The molecule has 23 heavy (non-hydrogen) atoms. The number of ether oxygens (including phenoxy) is 1. The highest BCUT2D eigenvalue weighted by Crippen LogP contribution is 2.35. The Morgan fingerprint density at radius 1 is 0.913 bits per heavy atom. The van der Waals surface area contributed by atoms with Gasteiger partial charge in [-0.05, 0) is 30.3 Å². The number of aromatic nitrogens is 1. The summed E-state index contributed by atoms with van der Waals surface area (Å²) in [7, 11) is 1.54. The molecule has 0 aliphatic carbocycles. The molecule has 3 aromatic rings. The maximum absolute atomic E-state index is 12.9. The van der Waals surface area contributed by atoms with Crippen molar-refractivity contribution in [3.8, 4) is 5.75 Å². The molecule has 0 radical (unpaired) electrons. The predicted octanol–water partition coefficient (Wildman–Crippen LogP) is 3.04. The van der Waals surface area contributed by atoms with E-state index in [1.165, 1.54) is 12.0 Å². The van der Waals surface area contributed by atoms with Crippen LogP contribution in [-0.2, 0) is 0 Å². The zero-order chi connectivity index (χ0) is 16.0. The summed E-state index contributed by atoms with van der Waals surface area (Å²) in [6.07, 6.45) is 1.56. The first-order valence-corrected chi connectivity index (χ1v) is 7.12. The summed E-state index contributed by atoms with van der Waals surface area (Å²) in [6, 6.07) is 13.9. The third-order valence-corrected chi connectivity index (χ3v) is 3.96. The monoisotopic (exact) mass is 304 g/mol. The lowest BCUT2D eigenvalue weighted by molar-refractivity contribution is 0.0893. The largest absolute Gasteiger partial charge is 0.494 e. The standard InChI is InChI=1S/C18H12N2O3/c1-23-14-8-7-12-15-13(9-10-19-16(14)15)18(22)20(17(12)21)11-5-3-2-4-6-11/h2-10H,1H3. The number of benzene rings is 2. The van der Waals surface area contributed by atoms with E-state index in [1.54, 1.807) is 48.7 Å². The van der Waals surface area contributed by atoms with Gasteiger partial charge < -0.3 is 4.74 Å². The van der Waals surface area contributed by atoms with Crippen molar-refractivity contribution in [2.24, 2.45) is 0 Å². The van der Waals surface area contributed by atoms with Crippen LogP contribution in [0.25, 0.3) is 10.9 Å². The van der Waals surface area contributed by atoms with Gasteiger partial charge in [0, 0.05) is 11.6 Å². The number of hydrogen-bond acceptors (Lipinski definition) is 4. The molecule has 0 atom stereocenters. The Kier molecular flexibility index (Phi) is 2.87. The van der Waals surface area contributed by atoms with Crippen LogP contribution in [0.3, 0.4) is 0 Å². The van der Waals surface area contributed by atoms with E-state index >= 15 is 0 Å². The van der Waals surface area contributed by atoms with E-state index in [1.807, 2.05) is 6.07 Å². The number of carbonyl (C=O) groups is 2. The van der Waals surface area contributed by atoms with Crippen molar-refractivity contribution < 1.29 is 14.3 Å². The van der Waals surface area contributed by atoms with E-state index in [4.69, 9.17) is 4.74 Å². The summed E-state index contributed by atoms with van der Waals surface area (Å²) in [4.78, 5) is 31.2. The second-order valence-corrected chi connectivity index (χ2v) is 5.18. The number of rotatable bonds is 2. The summed E-state index contributed by atoms with van der Waals surface area (Å²) in [5.74, 6) is -0.164. The average Bonchev–Trinajstić information content (AvgIpc) is 2.60. The van der Waals surface area contributed by atoms with Crippen LogP contribution in [0.4, 0.5) is 5.69 Å². The molecule has 0 bridgehead atoms. The van der Waals surface area contributed by atoms with E-state index in [-0.39, 0.29) is 11.8 Å². The Morgan fingerprint density at radius 2 is 1.61 bits per heavy atom. The summed E-state index contributed by atoms with van der Waals surface area (Å²) >= 11 is 0. The molecule has 2 heterocycles. The van der Waals surface area contributed by atoms with Gasteiger partial charge in [0.05, 0.1) is 23.9 Å². The molecular weight excluding hydrogens is 292 g/mol. The molecule has 2 amide bonds. The molecule has 0 saturated heterocycles. The van der Waals surface area contributed by atoms with Crippen LogP contribution in [0.15, 0.2) is 54.7 Å². The third-order valence-electron chi connectivity index (χ3n) is 3.96. The van der Waals surface area contributed by atoms with E-state index in [0.29, 0.717) is 33.5 Å². The topological polar surface area (TPSA) is 59.5 Å². The van der Waals surface area contributed by atoms with E-state index in [0.717, 1.165) is 0 Å². The van der Waals surface area contributed by atoms with Crippen LogP contribution in [0.2, 0.25) is 0 Å². The predicted molar refractivity (Wildman–Crippen MR) is 85.9 cm³/mol. The highest BCUT2D eigenvalue weighted by Gasteiger charge is 2.34. The van der Waals surface area contributed by atoms with Crippen LogP contribution < -0.4 is 9.64 Å². The summed E-state index contributed by atoms with van der Waals surface area (Å²) in [5, 5.41) is 0.550. The van der Waals surface area contributed by atoms with E-state index in [9.17, 15) is 9.59 Å². The molecule has 0 N–H and O–H groups in total. The molecule has 0 fully saturated rings. The van der Waals surface area contributed by atoms with Crippen LogP contribution in [0.1, 0.15) is 20.7 Å². The van der Waals surface area contributed by atoms with Crippen LogP contribution in [0.5, 0.6) is 5.75 Å². The first kappa shape index (κ1) is 13.5. The SMILES string of the molecule is COc1ccc2c3c(ccnc13)C(=O)N(c1ccccc1)C2=O. The molecule has 2 aromatic carbocycles. The Labute approximate surface area is 132 Å². The number of amides is 2. The molecule has 1 aliphatic heterocycles. The maximum Gasteiger partial charge on any atom is 0.266 e. The number of carbonyl (C=O) groups excluding carboxylic acids is 2. The molecule has 112 valence electrons. The van der Waals surface area contributed by atoms with Crippen LogP contribution >= 0.6 is 0 Å². The molecule has 1 aromatic heterocycles. The fourth-order valence-corrected chi connectivity index (χ4v) is 2.91. The van der Waals surface area contributed by atoms with Gasteiger partial charge in [-0.15, -0.1) is 0 Å². The van der Waals surface area contributed by atoms with E-state index < -0.39 is 0 Å². The highest BCUT2D eigenvalue weighted by molar-refractivity contribution is 6.35. The molecular formula is C18H12N2O3. The summed E-state index contributed by atoms with van der Waals surface area (Å²) in [6.45, 7) is 0. The second kappa shape index (κ2) is 4.91. The van der Waals surface area contributed by atoms with Crippen LogP contribution in [0, 0.1) is 0 Å². The van der Waals surface area contributed by atoms with Crippen molar-refractivity contribution in [2.45, 2.75) is 0 Å². The molecule has 4 rings (SSSR count). The number of hydrogen-bond donors (Lipinski definition) is 0. The Morgan fingerprint density at radius 3 is 2.30 bits per heavy atom. The normalized spacial score (nSPS) is 13.5. The van der Waals surface area contributed by atoms with Gasteiger partial charge in [-0.2, -0.15) is 0 Å². The average molecular weight is 304 g/mol. The number of anilines is 1. The Hall–Kier alpha value is -3.21. The summed E-state index contributed by atoms with van der Waals surface area (Å²) < 4.78 is 5.29. The minimum absolute atomic E-state index is 0.352. The maximum atomic E-state index is 12.9. The number of pyridine rings is 1. The van der Waals surface area contributed by atoms with Crippen molar-refractivity contribution in [1.82, 2.24) is 4.98 Å². The Balaban J connectivity index is 2.01. The number of nitrogens with zero attached hydrogens (tertiary/aromatic N) is 2. The fraction of sp³-hybridized carbons (Fsp3) is 0.0556. The van der Waals surface area contributed by atoms with Gasteiger partial charge in [0.15, 0.2) is 0 Å². The van der Waals surface area contributed by atoms with Crippen molar-refractivity contribution in [3.63, 3.8) is 0 Å². The van der Waals surface area contributed by atoms with Gasteiger partial charge in [0.2, 0.25) is 0 Å². The highest BCUT2D eigenvalue weighted by atomic mass is 16.5. The van der Waals surface area contributed by atoms with E-state index in [2.05, 4.69) is 4.98 Å². The number of imide groups is 1. The zero-order valence-corrected chi connectivity index (χ0v) is 12.3. The number of methoxy groups -OCH3 is 1. The first-order chi connectivity index (χ1) is 11.2. The van der Waals surface area contributed by atoms with Crippen molar-refractivity contribution in [2.75, 3.05) is 12.0 Å². The molecule has 0 unspecified atom stereocenters. The molecule has 1 aliphatic rings. The van der Waals surface area contributed by atoms with Gasteiger partial charge in [-0.25, -0.2) is 4.90 Å². The number of para-hydroxylation sites is 1. The van der Waals surface area contributed by atoms with Gasteiger partial charge in [-0.3, -0.25) is 14.6 Å². The minimum atomic E-state index is -0.352. The van der Waals surface area contributed by atoms with Gasteiger partial charge in [-0.1, -0.05) is 18.2 Å². The minimum Gasteiger partial charge on any atom is -0.494 e. The molecule has 0 saturated carbocycles. The molecule has 5 nitrogen and oxygen atoms in total. The third kappa shape index (κ3) is 1.83. The second-order valence-electron chi connectivity index (χ2n) is 5.18. The molecule has 5 heteroatoms. The van der Waals surface area contributed by atoms with Crippen LogP contribution in [-0.4, -0.2) is 23.9 Å². The van der Waals surface area contributed by atoms with Crippen molar-refractivity contribution >= 4 is 28.4 Å². The van der Waals surface area contributed by atoms with Crippen molar-refractivity contribution in [1.29, 1.82) is 0 Å². The lowest BCUT2D eigenvalue weighted by atomic mass is 9.96. The Bertz CT molecular complexity index is 929. The quantitative estimate of drug-likeness (QED) is 0.683. The van der Waals surface area contributed by atoms with Gasteiger partial charge >= 0.3 is 0 Å². The molecule has 0 spiro atoms. The first-order valence-electron chi connectivity index (χ1n) is 7.12. The van der Waals surface area contributed by atoms with Gasteiger partial charge in [0.1, 0.15) is 11.3 Å². The van der Waals surface area contributed by atoms with Crippen molar-refractivity contribution in [3.05, 3.63) is 65.9 Å². The lowest BCUT2D eigenvalue weighted by Crippen LogP contribution is -2.40. The fourth-order valence-electron chi connectivity index (χ4n) is 2.91. The van der Waals surface area contributed by atoms with Gasteiger partial charge in [0.25, 0.3) is 11.8 Å².